The first-order valence-electron chi connectivity index (χ1n) is 9.01. The van der Waals surface area contributed by atoms with Gasteiger partial charge in [-0.05, 0) is 12.1 Å². The van der Waals surface area contributed by atoms with Gasteiger partial charge in [-0.2, -0.15) is 0 Å². The first-order chi connectivity index (χ1) is 14.0. The van der Waals surface area contributed by atoms with Gasteiger partial charge in [-0.1, -0.05) is 36.4 Å². The lowest BCUT2D eigenvalue weighted by molar-refractivity contribution is -0.137. The molecule has 0 radical (unpaired) electrons. The van der Waals surface area contributed by atoms with Crippen molar-refractivity contribution < 1.29 is 19.5 Å². The predicted molar refractivity (Wildman–Crippen MR) is 108 cm³/mol. The van der Waals surface area contributed by atoms with Crippen molar-refractivity contribution in [3.63, 3.8) is 0 Å². The Morgan fingerprint density at radius 1 is 0.897 bits per heavy atom. The van der Waals surface area contributed by atoms with Crippen LogP contribution in [0.5, 0.6) is 0 Å². The van der Waals surface area contributed by atoms with E-state index in [-0.39, 0.29) is 17.7 Å². The molecule has 4 aromatic rings. The number of benzene rings is 2. The third-order valence-corrected chi connectivity index (χ3v) is 5.15. The number of carboxylic acid groups (broad SMARTS) is 1. The molecular weight excluding hydrogens is 370 g/mol. The number of aromatic amines is 1. The summed E-state index contributed by atoms with van der Waals surface area (Å²) in [5, 5.41) is 13.2. The molecule has 0 unspecified atom stereocenters. The Bertz CT molecular complexity index is 1370. The Hall–Kier alpha value is -4.13. The van der Waals surface area contributed by atoms with Crippen LogP contribution in [0.1, 0.15) is 11.1 Å². The van der Waals surface area contributed by atoms with Crippen LogP contribution in [0.25, 0.3) is 33.0 Å². The average Bonchev–Trinajstić information content (AvgIpc) is 3.35. The monoisotopic (exact) mass is 385 g/mol. The topological polar surface area (TPSA) is 104 Å². The normalized spacial score (nSPS) is 14.2. The number of fused-ring (bicyclic) bond motifs is 2. The molecule has 0 spiro atoms. The number of nitrogens with zero attached hydrogens (tertiary/aromatic N) is 1. The zero-order valence-electron chi connectivity index (χ0n) is 15.1. The summed E-state index contributed by atoms with van der Waals surface area (Å²) in [6.45, 7) is -0.244. The fraction of sp³-hybridized carbons (Fsp3) is 0.0455. The fourth-order valence-corrected chi connectivity index (χ4v) is 3.97. The molecule has 29 heavy (non-hydrogen) atoms. The second-order valence-electron chi connectivity index (χ2n) is 6.86. The Morgan fingerprint density at radius 2 is 1.55 bits per heavy atom. The fourth-order valence-electron chi connectivity index (χ4n) is 3.97. The SMILES string of the molecule is O=C(O)Cn1cc(C2=C(c3c[nH]c4ccccc34)C(=O)NC2=O)c2ccccc21. The van der Waals surface area contributed by atoms with E-state index in [1.54, 1.807) is 29.1 Å². The van der Waals surface area contributed by atoms with E-state index in [0.717, 1.165) is 10.9 Å². The van der Waals surface area contributed by atoms with E-state index in [1.807, 2.05) is 36.4 Å². The molecule has 0 atom stereocenters. The van der Waals surface area contributed by atoms with Gasteiger partial charge in [0.1, 0.15) is 6.54 Å². The lowest BCUT2D eigenvalue weighted by Crippen LogP contribution is -2.22. The third-order valence-electron chi connectivity index (χ3n) is 5.15. The number of amides is 2. The van der Waals surface area contributed by atoms with Crippen molar-refractivity contribution in [2.75, 3.05) is 0 Å². The standard InChI is InChI=1S/C22H15N3O4/c26-18(27)11-25-10-15(13-6-2-4-8-17(13)25)20-19(21(28)24-22(20)29)14-9-23-16-7-3-1-5-12(14)16/h1-10,23H,11H2,(H,26,27)(H,24,28,29). The molecule has 0 bridgehead atoms. The summed E-state index contributed by atoms with van der Waals surface area (Å²) in [6, 6.07) is 14.8. The van der Waals surface area contributed by atoms with Crippen molar-refractivity contribution in [2.24, 2.45) is 0 Å². The number of aliphatic carboxylic acids is 1. The lowest BCUT2D eigenvalue weighted by Gasteiger charge is -2.03. The minimum atomic E-state index is -0.991. The molecule has 1 aliphatic rings. The van der Waals surface area contributed by atoms with Crippen LogP contribution in [0.4, 0.5) is 0 Å². The molecule has 2 amide bonds. The van der Waals surface area contributed by atoms with Crippen LogP contribution in [0.3, 0.4) is 0 Å². The highest BCUT2D eigenvalue weighted by Gasteiger charge is 2.35. The molecule has 3 N–H and O–H groups in total. The van der Waals surface area contributed by atoms with Crippen molar-refractivity contribution in [3.8, 4) is 0 Å². The van der Waals surface area contributed by atoms with Crippen molar-refractivity contribution in [3.05, 3.63) is 72.1 Å². The molecule has 2 aromatic heterocycles. The molecule has 5 rings (SSSR count). The summed E-state index contributed by atoms with van der Waals surface area (Å²) < 4.78 is 1.57. The maximum atomic E-state index is 12.8. The molecule has 2 aromatic carbocycles. The number of hydrogen-bond donors (Lipinski definition) is 3. The Labute approximate surface area is 164 Å². The smallest absolute Gasteiger partial charge is 0.323 e. The Morgan fingerprint density at radius 3 is 2.31 bits per heavy atom. The molecular formula is C22H15N3O4. The summed E-state index contributed by atoms with van der Waals surface area (Å²) in [5.74, 6) is -1.95. The molecule has 0 fully saturated rings. The number of aromatic nitrogens is 2. The van der Waals surface area contributed by atoms with Gasteiger partial charge in [-0.25, -0.2) is 0 Å². The number of H-pyrrole nitrogens is 1. The highest BCUT2D eigenvalue weighted by Crippen LogP contribution is 2.38. The van der Waals surface area contributed by atoms with E-state index in [2.05, 4.69) is 10.3 Å². The van der Waals surface area contributed by atoms with Crippen LogP contribution in [0.2, 0.25) is 0 Å². The van der Waals surface area contributed by atoms with Crippen molar-refractivity contribution in [1.82, 2.24) is 14.9 Å². The quantitative estimate of drug-likeness (QED) is 0.470. The van der Waals surface area contributed by atoms with Gasteiger partial charge in [0.2, 0.25) is 0 Å². The van der Waals surface area contributed by atoms with Gasteiger partial charge in [0.15, 0.2) is 0 Å². The number of hydrogen-bond acceptors (Lipinski definition) is 3. The molecule has 0 saturated carbocycles. The highest BCUT2D eigenvalue weighted by molar-refractivity contribution is 6.50. The average molecular weight is 385 g/mol. The van der Waals surface area contributed by atoms with Gasteiger partial charge in [0.25, 0.3) is 11.8 Å². The minimum Gasteiger partial charge on any atom is -0.480 e. The van der Waals surface area contributed by atoms with Gasteiger partial charge in [0.05, 0.1) is 11.1 Å². The highest BCUT2D eigenvalue weighted by atomic mass is 16.4. The number of nitrogens with one attached hydrogen (secondary N) is 2. The second-order valence-corrected chi connectivity index (χ2v) is 6.86. The Balaban J connectivity index is 1.82. The predicted octanol–water partition coefficient (Wildman–Crippen LogP) is 2.77. The number of carbonyl (C=O) groups is 3. The van der Waals surface area contributed by atoms with Crippen molar-refractivity contribution in [2.45, 2.75) is 6.54 Å². The van der Waals surface area contributed by atoms with Gasteiger partial charge >= 0.3 is 5.97 Å². The van der Waals surface area contributed by atoms with Gasteiger partial charge in [-0.15, -0.1) is 0 Å². The minimum absolute atomic E-state index is 0.244. The first kappa shape index (κ1) is 17.0. The summed E-state index contributed by atoms with van der Waals surface area (Å²) in [6.07, 6.45) is 3.34. The van der Waals surface area contributed by atoms with E-state index in [9.17, 15) is 19.5 Å². The van der Waals surface area contributed by atoms with Crippen molar-refractivity contribution in [1.29, 1.82) is 0 Å². The lowest BCUT2D eigenvalue weighted by atomic mass is 9.95. The largest absolute Gasteiger partial charge is 0.480 e. The van der Waals surface area contributed by atoms with E-state index < -0.39 is 17.8 Å². The van der Waals surface area contributed by atoms with Crippen LogP contribution >= 0.6 is 0 Å². The van der Waals surface area contributed by atoms with Gasteiger partial charge in [-0.3, -0.25) is 19.7 Å². The zero-order chi connectivity index (χ0) is 20.1. The number of carboxylic acids is 1. The molecule has 7 nitrogen and oxygen atoms in total. The molecule has 0 saturated heterocycles. The summed E-state index contributed by atoms with van der Waals surface area (Å²) in [4.78, 5) is 39.9. The van der Waals surface area contributed by atoms with Gasteiger partial charge in [0, 0.05) is 45.3 Å². The van der Waals surface area contributed by atoms with Crippen molar-refractivity contribution >= 4 is 50.7 Å². The molecule has 0 aliphatic carbocycles. The molecule has 142 valence electrons. The maximum absolute atomic E-state index is 12.8. The van der Waals surface area contributed by atoms with Crippen LogP contribution in [0, 0.1) is 0 Å². The zero-order valence-corrected chi connectivity index (χ0v) is 15.1. The molecule has 1 aliphatic heterocycles. The summed E-state index contributed by atoms with van der Waals surface area (Å²) >= 11 is 0. The number of para-hydroxylation sites is 2. The van der Waals surface area contributed by atoms with Crippen LogP contribution in [-0.4, -0.2) is 32.4 Å². The second kappa shape index (κ2) is 6.20. The van der Waals surface area contributed by atoms with Crippen LogP contribution in [0.15, 0.2) is 60.9 Å². The van der Waals surface area contributed by atoms with Crippen LogP contribution in [-0.2, 0) is 20.9 Å². The Kier molecular flexibility index (Phi) is 3.64. The van der Waals surface area contributed by atoms with Gasteiger partial charge < -0.3 is 14.7 Å². The van der Waals surface area contributed by atoms with E-state index >= 15 is 0 Å². The van der Waals surface area contributed by atoms with E-state index in [1.165, 1.54) is 0 Å². The first-order valence-corrected chi connectivity index (χ1v) is 9.01. The number of imide groups is 1. The summed E-state index contributed by atoms with van der Waals surface area (Å²) in [7, 11) is 0. The molecule has 3 heterocycles. The van der Waals surface area contributed by atoms with E-state index in [4.69, 9.17) is 0 Å². The number of carbonyl (C=O) groups excluding carboxylic acids is 2. The molecule has 7 heteroatoms. The third kappa shape index (κ3) is 2.55. The maximum Gasteiger partial charge on any atom is 0.323 e. The van der Waals surface area contributed by atoms with E-state index in [0.29, 0.717) is 22.0 Å². The number of rotatable bonds is 4. The van der Waals surface area contributed by atoms with Crippen LogP contribution < -0.4 is 5.32 Å². The summed E-state index contributed by atoms with van der Waals surface area (Å²) in [5.41, 5.74) is 3.24.